The van der Waals surface area contributed by atoms with Crippen LogP contribution in [0.5, 0.6) is 5.75 Å². The van der Waals surface area contributed by atoms with Crippen LogP contribution in [0.3, 0.4) is 0 Å². The van der Waals surface area contributed by atoms with E-state index in [0.717, 1.165) is 22.4 Å². The molecule has 0 atom stereocenters. The van der Waals surface area contributed by atoms with Crippen LogP contribution >= 0.6 is 0 Å². The Hall–Kier alpha value is -2.75. The number of aliphatic imine (C=N–C) groups is 1. The molecule has 0 saturated heterocycles. The lowest BCUT2D eigenvalue weighted by atomic mass is 10.2. The van der Waals surface area contributed by atoms with Crippen molar-refractivity contribution in [3.63, 3.8) is 0 Å². The molecule has 0 bridgehead atoms. The zero-order chi connectivity index (χ0) is 22.0. The highest BCUT2D eigenvalue weighted by atomic mass is 19.4. The molecule has 2 rings (SSSR count). The lowest BCUT2D eigenvalue weighted by Crippen LogP contribution is -2.38. The molecule has 2 aromatic rings. The van der Waals surface area contributed by atoms with Crippen LogP contribution < -0.4 is 15.4 Å². The van der Waals surface area contributed by atoms with Gasteiger partial charge in [0.05, 0.1) is 13.7 Å². The van der Waals surface area contributed by atoms with Crippen LogP contribution in [0.2, 0.25) is 0 Å². The molecular formula is C20H28F3N5O2. The van der Waals surface area contributed by atoms with Gasteiger partial charge in [-0.1, -0.05) is 12.1 Å². The smallest absolute Gasteiger partial charge is 0.435 e. The summed E-state index contributed by atoms with van der Waals surface area (Å²) in [7, 11) is 3.05. The summed E-state index contributed by atoms with van der Waals surface area (Å²) >= 11 is 0. The Balaban J connectivity index is 2.05. The maximum Gasteiger partial charge on any atom is 0.435 e. The quantitative estimate of drug-likeness (QED) is 0.346. The van der Waals surface area contributed by atoms with Crippen molar-refractivity contribution in [1.29, 1.82) is 0 Å². The molecule has 0 amide bonds. The molecule has 7 nitrogen and oxygen atoms in total. The molecule has 0 unspecified atom stereocenters. The van der Waals surface area contributed by atoms with Crippen LogP contribution in [0.15, 0.2) is 35.5 Å². The third kappa shape index (κ3) is 7.58. The minimum absolute atomic E-state index is 0.0530. The third-order valence-corrected chi connectivity index (χ3v) is 4.16. The summed E-state index contributed by atoms with van der Waals surface area (Å²) in [5, 5.41) is 9.63. The molecule has 0 aliphatic rings. The maximum atomic E-state index is 13.2. The first-order chi connectivity index (χ1) is 14.3. The van der Waals surface area contributed by atoms with E-state index in [-0.39, 0.29) is 12.1 Å². The molecule has 0 fully saturated rings. The van der Waals surface area contributed by atoms with Crippen LogP contribution in [-0.2, 0) is 31.1 Å². The predicted octanol–water partition coefficient (Wildman–Crippen LogP) is 3.11. The Morgan fingerprint density at radius 2 is 1.93 bits per heavy atom. The fourth-order valence-electron chi connectivity index (χ4n) is 2.69. The lowest BCUT2D eigenvalue weighted by Gasteiger charge is -2.13. The van der Waals surface area contributed by atoms with E-state index >= 15 is 0 Å². The summed E-state index contributed by atoms with van der Waals surface area (Å²) in [6.07, 6.45) is -2.41. The molecule has 1 aromatic heterocycles. The van der Waals surface area contributed by atoms with E-state index in [0.29, 0.717) is 32.3 Å². The fraction of sp³-hybridized carbons (Fsp3) is 0.500. The normalized spacial score (nSPS) is 12.1. The van der Waals surface area contributed by atoms with E-state index in [1.54, 1.807) is 7.11 Å². The Kier molecular flexibility index (Phi) is 8.97. The number of methoxy groups -OCH3 is 1. The number of aryl methyl sites for hydroxylation is 1. The molecule has 2 N–H and O–H groups in total. The highest BCUT2D eigenvalue weighted by Crippen LogP contribution is 2.30. The number of aromatic nitrogens is 2. The first-order valence-corrected chi connectivity index (χ1v) is 9.66. The van der Waals surface area contributed by atoms with E-state index in [9.17, 15) is 13.2 Å². The third-order valence-electron chi connectivity index (χ3n) is 4.16. The highest BCUT2D eigenvalue weighted by molar-refractivity contribution is 5.79. The van der Waals surface area contributed by atoms with Gasteiger partial charge in [-0.15, -0.1) is 0 Å². The van der Waals surface area contributed by atoms with Crippen molar-refractivity contribution in [3.05, 3.63) is 47.3 Å². The number of nitrogens with one attached hydrogen (secondary N) is 2. The first-order valence-electron chi connectivity index (χ1n) is 9.66. The first kappa shape index (κ1) is 23.5. The van der Waals surface area contributed by atoms with Gasteiger partial charge in [0.1, 0.15) is 5.75 Å². The van der Waals surface area contributed by atoms with E-state index in [4.69, 9.17) is 9.47 Å². The molecule has 0 aliphatic heterocycles. The lowest BCUT2D eigenvalue weighted by molar-refractivity contribution is -0.142. The minimum atomic E-state index is -4.51. The van der Waals surface area contributed by atoms with Crippen molar-refractivity contribution in [1.82, 2.24) is 20.4 Å². The molecule has 0 aliphatic carbocycles. The van der Waals surface area contributed by atoms with Gasteiger partial charge in [0, 0.05) is 45.1 Å². The van der Waals surface area contributed by atoms with Gasteiger partial charge < -0.3 is 20.1 Å². The second-order valence-corrected chi connectivity index (χ2v) is 6.52. The van der Waals surface area contributed by atoms with Crippen molar-refractivity contribution < 1.29 is 22.6 Å². The molecule has 0 radical (unpaired) electrons. The van der Waals surface area contributed by atoms with Crippen LogP contribution in [0, 0.1) is 0 Å². The number of alkyl halides is 3. The van der Waals surface area contributed by atoms with E-state index in [2.05, 4.69) is 20.7 Å². The standard InChI is InChI=1S/C20H28F3N5O2/c1-4-30-11-5-10-24-19(25-12-15-6-8-17(29-3)9-7-15)26-13-16-14-28(2)27-18(16)20(21,22)23/h6-9,14H,4-5,10-13H2,1-3H3,(H2,24,25,26). The van der Waals surface area contributed by atoms with Gasteiger partial charge in [-0.2, -0.15) is 18.3 Å². The topological polar surface area (TPSA) is 72.7 Å². The van der Waals surface area contributed by atoms with Gasteiger partial charge in [-0.3, -0.25) is 4.68 Å². The van der Waals surface area contributed by atoms with Gasteiger partial charge in [0.2, 0.25) is 0 Å². The van der Waals surface area contributed by atoms with Crippen LogP contribution in [-0.4, -0.2) is 42.6 Å². The summed E-state index contributed by atoms with van der Waals surface area (Å²) in [5.74, 6) is 1.16. The van der Waals surface area contributed by atoms with Gasteiger partial charge in [-0.05, 0) is 31.0 Å². The van der Waals surface area contributed by atoms with Crippen molar-refractivity contribution >= 4 is 5.96 Å². The molecule has 166 valence electrons. The number of ether oxygens (including phenoxy) is 2. The molecule has 0 spiro atoms. The van der Waals surface area contributed by atoms with E-state index in [1.807, 2.05) is 31.2 Å². The Morgan fingerprint density at radius 1 is 1.20 bits per heavy atom. The van der Waals surface area contributed by atoms with Crippen molar-refractivity contribution in [2.45, 2.75) is 32.6 Å². The van der Waals surface area contributed by atoms with Crippen LogP contribution in [0.1, 0.15) is 30.2 Å². The number of guanidine groups is 1. The second kappa shape index (κ2) is 11.4. The van der Waals surface area contributed by atoms with E-state index < -0.39 is 11.9 Å². The molecule has 1 aromatic carbocycles. The number of nitrogens with zero attached hydrogens (tertiary/aromatic N) is 3. The summed E-state index contributed by atoms with van der Waals surface area (Å²) in [5.41, 5.74) is 0.102. The van der Waals surface area contributed by atoms with Gasteiger partial charge >= 0.3 is 6.18 Å². The van der Waals surface area contributed by atoms with Gasteiger partial charge in [0.15, 0.2) is 11.7 Å². The maximum absolute atomic E-state index is 13.2. The number of benzene rings is 1. The highest BCUT2D eigenvalue weighted by Gasteiger charge is 2.36. The molecule has 30 heavy (non-hydrogen) atoms. The Labute approximate surface area is 174 Å². The largest absolute Gasteiger partial charge is 0.497 e. The van der Waals surface area contributed by atoms with Crippen molar-refractivity contribution in [2.24, 2.45) is 12.0 Å². The average Bonchev–Trinajstić information content (AvgIpc) is 3.10. The van der Waals surface area contributed by atoms with Crippen molar-refractivity contribution in [2.75, 3.05) is 26.9 Å². The number of rotatable bonds is 10. The Morgan fingerprint density at radius 3 is 2.57 bits per heavy atom. The summed E-state index contributed by atoms with van der Waals surface area (Å²) in [6, 6.07) is 7.44. The van der Waals surface area contributed by atoms with Crippen LogP contribution in [0.25, 0.3) is 0 Å². The number of hydrogen-bond acceptors (Lipinski definition) is 4. The molecular weight excluding hydrogens is 399 g/mol. The Bertz CT molecular complexity index is 804. The SMILES string of the molecule is CCOCCCNC(=NCc1ccc(OC)cc1)NCc1cn(C)nc1C(F)(F)F. The van der Waals surface area contributed by atoms with E-state index in [1.165, 1.54) is 13.2 Å². The minimum Gasteiger partial charge on any atom is -0.497 e. The van der Waals surface area contributed by atoms with Gasteiger partial charge in [-0.25, -0.2) is 4.99 Å². The number of halogens is 3. The van der Waals surface area contributed by atoms with Crippen LogP contribution in [0.4, 0.5) is 13.2 Å². The van der Waals surface area contributed by atoms with Gasteiger partial charge in [0.25, 0.3) is 0 Å². The second-order valence-electron chi connectivity index (χ2n) is 6.52. The molecule has 1 heterocycles. The summed E-state index contributed by atoms with van der Waals surface area (Å²) in [4.78, 5) is 4.49. The summed E-state index contributed by atoms with van der Waals surface area (Å²) < 4.78 is 51.1. The zero-order valence-corrected chi connectivity index (χ0v) is 17.4. The fourth-order valence-corrected chi connectivity index (χ4v) is 2.69. The number of hydrogen-bond donors (Lipinski definition) is 2. The monoisotopic (exact) mass is 427 g/mol. The molecule has 0 saturated carbocycles. The molecule has 10 heteroatoms. The average molecular weight is 427 g/mol. The predicted molar refractivity (Wildman–Crippen MR) is 108 cm³/mol. The van der Waals surface area contributed by atoms with Crippen molar-refractivity contribution in [3.8, 4) is 5.75 Å². The summed E-state index contributed by atoms with van der Waals surface area (Å²) in [6.45, 7) is 4.04. The zero-order valence-electron chi connectivity index (χ0n) is 17.4.